The largest absolute Gasteiger partial charge is 0.493 e. The molecule has 1 N–H and O–H groups in total. The van der Waals surface area contributed by atoms with E-state index in [1.807, 2.05) is 19.1 Å². The van der Waals surface area contributed by atoms with Crippen molar-refractivity contribution in [1.82, 2.24) is 15.5 Å². The summed E-state index contributed by atoms with van der Waals surface area (Å²) in [5.41, 5.74) is 2.43. The van der Waals surface area contributed by atoms with Crippen molar-refractivity contribution in [3.05, 3.63) is 41.7 Å². The highest BCUT2D eigenvalue weighted by Crippen LogP contribution is 2.31. The van der Waals surface area contributed by atoms with Crippen LogP contribution in [-0.4, -0.2) is 49.0 Å². The molecule has 1 aliphatic heterocycles. The van der Waals surface area contributed by atoms with Gasteiger partial charge in [0.2, 0.25) is 5.91 Å². The third kappa shape index (κ3) is 6.12. The predicted octanol–water partition coefficient (Wildman–Crippen LogP) is 4.20. The zero-order chi connectivity index (χ0) is 23.0. The van der Waals surface area contributed by atoms with Gasteiger partial charge in [-0.2, -0.15) is 4.98 Å². The number of anilines is 1. The second-order valence-corrected chi connectivity index (χ2v) is 8.79. The number of benzene rings is 1. The molecule has 1 fully saturated rings. The fourth-order valence-electron chi connectivity index (χ4n) is 4.44. The molecule has 0 spiro atoms. The number of nitrogens with zero attached hydrogens (tertiary/aromatic N) is 3. The van der Waals surface area contributed by atoms with Crippen LogP contribution in [0.3, 0.4) is 0 Å². The summed E-state index contributed by atoms with van der Waals surface area (Å²) in [4.78, 5) is 18.6. The number of carbonyl (C=O) groups excluding carboxylic acids is 1. The lowest BCUT2D eigenvalue weighted by Crippen LogP contribution is -2.35. The van der Waals surface area contributed by atoms with Crippen LogP contribution in [0, 0.1) is 11.8 Å². The Kier molecular flexibility index (Phi) is 7.96. The third-order valence-electron chi connectivity index (χ3n) is 6.54. The molecule has 178 valence electrons. The summed E-state index contributed by atoms with van der Waals surface area (Å²) in [7, 11) is 0. The van der Waals surface area contributed by atoms with Gasteiger partial charge in [-0.15, -0.1) is 0 Å². The van der Waals surface area contributed by atoms with Crippen molar-refractivity contribution in [1.29, 1.82) is 0 Å². The van der Waals surface area contributed by atoms with Crippen LogP contribution in [0.15, 0.2) is 34.9 Å². The Bertz CT molecular complexity index is 935. The molecule has 0 bridgehead atoms. The van der Waals surface area contributed by atoms with Crippen LogP contribution in [0.2, 0.25) is 0 Å². The molecule has 2 aliphatic rings. The Morgan fingerprint density at radius 3 is 2.67 bits per heavy atom. The minimum absolute atomic E-state index is 0.0414. The van der Waals surface area contributed by atoms with Gasteiger partial charge in [-0.25, -0.2) is 4.39 Å². The van der Waals surface area contributed by atoms with Gasteiger partial charge in [0, 0.05) is 32.0 Å². The van der Waals surface area contributed by atoms with Crippen LogP contribution in [-0.2, 0) is 11.2 Å². The second kappa shape index (κ2) is 11.3. The van der Waals surface area contributed by atoms with E-state index in [1.165, 1.54) is 11.1 Å². The maximum Gasteiger partial charge on any atom is 0.324 e. The molecule has 33 heavy (non-hydrogen) atoms. The standard InChI is InChI=1S/C25H33FN4O3/c1-2-23-28-25(33-29-23)30-15-11-18(12-16-30)17-32-22-9-7-20(8-10-22)19-3-5-21(6-4-19)24(31)27-14-13-26/h3,7-10,18,21H,2,4-6,11-17H2,1H3,(H,27,31). The van der Waals surface area contributed by atoms with Gasteiger partial charge in [0.1, 0.15) is 12.4 Å². The number of hydrogen-bond acceptors (Lipinski definition) is 6. The Balaban J connectivity index is 1.21. The van der Waals surface area contributed by atoms with E-state index >= 15 is 0 Å². The number of amides is 1. The van der Waals surface area contributed by atoms with E-state index in [0.717, 1.165) is 56.8 Å². The van der Waals surface area contributed by atoms with Gasteiger partial charge in [-0.1, -0.05) is 30.3 Å². The van der Waals surface area contributed by atoms with Gasteiger partial charge in [-0.3, -0.25) is 4.79 Å². The lowest BCUT2D eigenvalue weighted by atomic mass is 9.86. The van der Waals surface area contributed by atoms with Crippen LogP contribution in [0.5, 0.6) is 5.75 Å². The van der Waals surface area contributed by atoms with Crippen LogP contribution < -0.4 is 15.0 Å². The number of alkyl halides is 1. The summed E-state index contributed by atoms with van der Waals surface area (Å²) >= 11 is 0. The van der Waals surface area contributed by atoms with Crippen molar-refractivity contribution >= 4 is 17.5 Å². The van der Waals surface area contributed by atoms with Crippen molar-refractivity contribution < 1.29 is 18.4 Å². The smallest absolute Gasteiger partial charge is 0.324 e. The molecule has 1 aromatic carbocycles. The third-order valence-corrected chi connectivity index (χ3v) is 6.54. The number of ether oxygens (including phenoxy) is 1. The average molecular weight is 457 g/mol. The predicted molar refractivity (Wildman–Crippen MR) is 125 cm³/mol. The molecule has 4 rings (SSSR count). The van der Waals surface area contributed by atoms with Gasteiger partial charge >= 0.3 is 6.01 Å². The topological polar surface area (TPSA) is 80.5 Å². The van der Waals surface area contributed by atoms with Gasteiger partial charge < -0.3 is 19.5 Å². The number of aromatic nitrogens is 2. The highest BCUT2D eigenvalue weighted by atomic mass is 19.1. The molecular weight excluding hydrogens is 423 g/mol. The number of aryl methyl sites for hydroxylation is 1. The number of allylic oxidation sites excluding steroid dienone is 2. The summed E-state index contributed by atoms with van der Waals surface area (Å²) in [5, 5.41) is 6.63. The highest BCUT2D eigenvalue weighted by Gasteiger charge is 2.24. The molecule has 0 saturated carbocycles. The summed E-state index contributed by atoms with van der Waals surface area (Å²) in [5.74, 6) is 2.05. The number of halogens is 1. The second-order valence-electron chi connectivity index (χ2n) is 8.79. The Labute approximate surface area is 194 Å². The summed E-state index contributed by atoms with van der Waals surface area (Å²) in [6.07, 6.45) is 7.34. The lowest BCUT2D eigenvalue weighted by Gasteiger charge is -2.30. The highest BCUT2D eigenvalue weighted by molar-refractivity contribution is 5.80. The van der Waals surface area contributed by atoms with E-state index in [4.69, 9.17) is 9.26 Å². The number of nitrogens with one attached hydrogen (secondary N) is 1. The zero-order valence-electron chi connectivity index (χ0n) is 19.3. The minimum atomic E-state index is -0.521. The van der Waals surface area contributed by atoms with Crippen molar-refractivity contribution in [2.75, 3.05) is 37.8 Å². The molecule has 1 atom stereocenters. The molecule has 2 heterocycles. The zero-order valence-corrected chi connectivity index (χ0v) is 19.3. The molecule has 0 radical (unpaired) electrons. The summed E-state index contributed by atoms with van der Waals surface area (Å²) in [6.45, 7) is 4.11. The first-order valence-electron chi connectivity index (χ1n) is 12.0. The van der Waals surface area contributed by atoms with Gasteiger partial charge in [0.25, 0.3) is 0 Å². The molecule has 7 nitrogen and oxygen atoms in total. The monoisotopic (exact) mass is 456 g/mol. The van der Waals surface area contributed by atoms with Gasteiger partial charge in [0.05, 0.1) is 6.61 Å². The number of carbonyl (C=O) groups is 1. The SMILES string of the molecule is CCc1noc(N2CCC(COc3ccc(C4=CCC(C(=O)NCCF)CC4)cc3)CC2)n1. The molecule has 2 aromatic rings. The number of piperidine rings is 1. The molecule has 1 saturated heterocycles. The molecule has 1 amide bonds. The Hall–Kier alpha value is -2.90. The maximum absolute atomic E-state index is 12.2. The molecule has 1 aliphatic carbocycles. The number of rotatable bonds is 9. The quantitative estimate of drug-likeness (QED) is 0.609. The first-order chi connectivity index (χ1) is 16.2. The maximum atomic E-state index is 12.2. The first kappa shape index (κ1) is 23.3. The summed E-state index contributed by atoms with van der Waals surface area (Å²) < 4.78 is 23.7. The molecule has 1 aromatic heterocycles. The first-order valence-corrected chi connectivity index (χ1v) is 12.0. The number of hydrogen-bond donors (Lipinski definition) is 1. The van der Waals surface area contributed by atoms with Crippen LogP contribution in [0.25, 0.3) is 5.57 Å². The van der Waals surface area contributed by atoms with E-state index in [9.17, 15) is 9.18 Å². The van der Waals surface area contributed by atoms with Crippen molar-refractivity contribution in [2.24, 2.45) is 11.8 Å². The van der Waals surface area contributed by atoms with Crippen molar-refractivity contribution in [3.8, 4) is 5.75 Å². The van der Waals surface area contributed by atoms with Crippen LogP contribution >= 0.6 is 0 Å². The molecular formula is C25H33FN4O3. The minimum Gasteiger partial charge on any atom is -0.493 e. The van der Waals surface area contributed by atoms with Crippen LogP contribution in [0.4, 0.5) is 10.4 Å². The van der Waals surface area contributed by atoms with Crippen molar-refractivity contribution in [3.63, 3.8) is 0 Å². The fraction of sp³-hybridized carbons (Fsp3) is 0.560. The van der Waals surface area contributed by atoms with E-state index in [-0.39, 0.29) is 18.4 Å². The van der Waals surface area contributed by atoms with E-state index in [1.54, 1.807) is 0 Å². The van der Waals surface area contributed by atoms with Gasteiger partial charge in [0.15, 0.2) is 5.82 Å². The van der Waals surface area contributed by atoms with Gasteiger partial charge in [-0.05, 0) is 61.3 Å². The Morgan fingerprint density at radius 2 is 2.03 bits per heavy atom. The molecule has 8 heteroatoms. The fourth-order valence-corrected chi connectivity index (χ4v) is 4.44. The average Bonchev–Trinajstić information content (AvgIpc) is 3.36. The van der Waals surface area contributed by atoms with E-state index in [2.05, 4.69) is 38.6 Å². The lowest BCUT2D eigenvalue weighted by molar-refractivity contribution is -0.125. The van der Waals surface area contributed by atoms with E-state index < -0.39 is 6.67 Å². The normalized spacial score (nSPS) is 19.3. The van der Waals surface area contributed by atoms with Crippen molar-refractivity contribution in [2.45, 2.75) is 45.4 Å². The van der Waals surface area contributed by atoms with E-state index in [0.29, 0.717) is 25.0 Å². The van der Waals surface area contributed by atoms with Crippen LogP contribution in [0.1, 0.15) is 50.4 Å². The summed E-state index contributed by atoms with van der Waals surface area (Å²) in [6, 6.07) is 8.86. The molecule has 1 unspecified atom stereocenters. The Morgan fingerprint density at radius 1 is 1.24 bits per heavy atom.